The van der Waals surface area contributed by atoms with Crippen LogP contribution in [0.5, 0.6) is 11.5 Å². The third-order valence-corrected chi connectivity index (χ3v) is 3.88. The first-order valence-electron chi connectivity index (χ1n) is 7.45. The highest BCUT2D eigenvalue weighted by Gasteiger charge is 2.17. The number of benzene rings is 2. The van der Waals surface area contributed by atoms with Crippen LogP contribution in [-0.4, -0.2) is 12.2 Å². The Kier molecular flexibility index (Phi) is 3.82. The molecule has 4 nitrogen and oxygen atoms in total. The minimum absolute atomic E-state index is 0.151. The van der Waals surface area contributed by atoms with Gasteiger partial charge < -0.3 is 14.3 Å². The van der Waals surface area contributed by atoms with Gasteiger partial charge in [-0.15, -0.1) is 0 Å². The molecule has 0 aliphatic rings. The Hall–Kier alpha value is -2.75. The Morgan fingerprint density at radius 3 is 2.39 bits per heavy atom. The van der Waals surface area contributed by atoms with Gasteiger partial charge in [0, 0.05) is 5.56 Å². The maximum Gasteiger partial charge on any atom is 0.235 e. The Morgan fingerprint density at radius 2 is 1.78 bits per heavy atom. The van der Waals surface area contributed by atoms with E-state index in [1.807, 2.05) is 12.1 Å². The summed E-state index contributed by atoms with van der Waals surface area (Å²) in [5, 5.41) is 9.92. The third kappa shape index (κ3) is 2.68. The van der Waals surface area contributed by atoms with E-state index < -0.39 is 0 Å². The molecule has 3 rings (SSSR count). The summed E-state index contributed by atoms with van der Waals surface area (Å²) >= 11 is 0. The van der Waals surface area contributed by atoms with Crippen LogP contribution < -0.4 is 10.2 Å². The lowest BCUT2D eigenvalue weighted by molar-refractivity contribution is 0.398. The molecule has 0 aliphatic heterocycles. The zero-order valence-electron chi connectivity index (χ0n) is 13.3. The standard InChI is InChI=1S/C19H18O4/c1-11(2)13-6-9-15-16(10-13)23-18(19(22-3)17(15)21)12-4-7-14(20)8-5-12/h4-11,20H,1-3H3. The number of aromatic hydroxyl groups is 1. The van der Waals surface area contributed by atoms with Gasteiger partial charge in [-0.3, -0.25) is 4.79 Å². The van der Waals surface area contributed by atoms with Crippen LogP contribution in [-0.2, 0) is 0 Å². The monoisotopic (exact) mass is 310 g/mol. The van der Waals surface area contributed by atoms with Crippen LogP contribution in [0, 0.1) is 0 Å². The molecule has 0 saturated heterocycles. The molecule has 0 aliphatic carbocycles. The molecule has 0 radical (unpaired) electrons. The summed E-state index contributed by atoms with van der Waals surface area (Å²) in [7, 11) is 1.45. The van der Waals surface area contributed by atoms with Crippen molar-refractivity contribution < 1.29 is 14.3 Å². The smallest absolute Gasteiger partial charge is 0.235 e. The van der Waals surface area contributed by atoms with Crippen LogP contribution in [0.4, 0.5) is 0 Å². The van der Waals surface area contributed by atoms with Crippen molar-refractivity contribution in [1.29, 1.82) is 0 Å². The quantitative estimate of drug-likeness (QED) is 0.783. The third-order valence-electron chi connectivity index (χ3n) is 3.88. The zero-order chi connectivity index (χ0) is 16.6. The SMILES string of the molecule is COc1c(-c2ccc(O)cc2)oc2cc(C(C)C)ccc2c1=O. The molecule has 23 heavy (non-hydrogen) atoms. The van der Waals surface area contributed by atoms with Gasteiger partial charge in [0.25, 0.3) is 0 Å². The Bertz CT molecular complexity index is 905. The summed E-state index contributed by atoms with van der Waals surface area (Å²) in [4.78, 5) is 12.7. The summed E-state index contributed by atoms with van der Waals surface area (Å²) in [6.45, 7) is 4.17. The fourth-order valence-electron chi connectivity index (χ4n) is 2.54. The van der Waals surface area contributed by atoms with Crippen LogP contribution >= 0.6 is 0 Å². The molecule has 0 saturated carbocycles. The maximum atomic E-state index is 12.7. The molecular weight excluding hydrogens is 292 g/mol. The van der Waals surface area contributed by atoms with E-state index in [1.165, 1.54) is 7.11 Å². The van der Waals surface area contributed by atoms with Crippen molar-refractivity contribution >= 4 is 11.0 Å². The van der Waals surface area contributed by atoms with Crippen LogP contribution in [0.3, 0.4) is 0 Å². The van der Waals surface area contributed by atoms with Crippen molar-refractivity contribution in [3.05, 3.63) is 58.3 Å². The normalized spacial score (nSPS) is 11.1. The lowest BCUT2D eigenvalue weighted by Gasteiger charge is -2.11. The number of ether oxygens (including phenoxy) is 1. The molecule has 0 spiro atoms. The molecule has 0 bridgehead atoms. The first kappa shape index (κ1) is 15.2. The topological polar surface area (TPSA) is 59.7 Å². The molecule has 0 unspecified atom stereocenters. The second-order valence-electron chi connectivity index (χ2n) is 5.75. The van der Waals surface area contributed by atoms with E-state index in [9.17, 15) is 9.90 Å². The Labute approximate surface area is 134 Å². The number of methoxy groups -OCH3 is 1. The molecule has 1 N–H and O–H groups in total. The van der Waals surface area contributed by atoms with Gasteiger partial charge >= 0.3 is 0 Å². The van der Waals surface area contributed by atoms with Gasteiger partial charge in [0.15, 0.2) is 5.76 Å². The van der Waals surface area contributed by atoms with Gasteiger partial charge in [-0.05, 0) is 47.9 Å². The van der Waals surface area contributed by atoms with Crippen molar-refractivity contribution in [1.82, 2.24) is 0 Å². The second-order valence-corrected chi connectivity index (χ2v) is 5.75. The van der Waals surface area contributed by atoms with E-state index >= 15 is 0 Å². The van der Waals surface area contributed by atoms with Gasteiger partial charge in [0.05, 0.1) is 12.5 Å². The second kappa shape index (κ2) is 5.80. The summed E-state index contributed by atoms with van der Waals surface area (Å²) in [5.41, 5.74) is 2.10. The van der Waals surface area contributed by atoms with Crippen LogP contribution in [0.15, 0.2) is 51.7 Å². The lowest BCUT2D eigenvalue weighted by atomic mass is 10.0. The van der Waals surface area contributed by atoms with E-state index in [-0.39, 0.29) is 16.9 Å². The van der Waals surface area contributed by atoms with Crippen molar-refractivity contribution in [2.75, 3.05) is 7.11 Å². The largest absolute Gasteiger partial charge is 0.508 e. The van der Waals surface area contributed by atoms with Crippen LogP contribution in [0.2, 0.25) is 0 Å². The highest BCUT2D eigenvalue weighted by atomic mass is 16.5. The molecule has 1 aromatic heterocycles. The minimum atomic E-state index is -0.202. The highest BCUT2D eigenvalue weighted by molar-refractivity contribution is 5.82. The van der Waals surface area contributed by atoms with E-state index in [4.69, 9.17) is 9.15 Å². The van der Waals surface area contributed by atoms with Gasteiger partial charge in [0.1, 0.15) is 11.3 Å². The Morgan fingerprint density at radius 1 is 1.09 bits per heavy atom. The molecule has 0 amide bonds. The van der Waals surface area contributed by atoms with E-state index in [0.29, 0.717) is 28.2 Å². The zero-order valence-corrected chi connectivity index (χ0v) is 13.3. The van der Waals surface area contributed by atoms with Gasteiger partial charge in [-0.1, -0.05) is 19.9 Å². The van der Waals surface area contributed by atoms with Gasteiger partial charge in [-0.2, -0.15) is 0 Å². The predicted molar refractivity (Wildman–Crippen MR) is 90.2 cm³/mol. The minimum Gasteiger partial charge on any atom is -0.508 e. The van der Waals surface area contributed by atoms with E-state index in [0.717, 1.165) is 5.56 Å². The van der Waals surface area contributed by atoms with E-state index in [1.54, 1.807) is 30.3 Å². The molecule has 3 aromatic rings. The molecule has 4 heteroatoms. The number of phenols is 1. The molecule has 118 valence electrons. The predicted octanol–water partition coefficient (Wildman–Crippen LogP) is 4.30. The molecule has 2 aromatic carbocycles. The fourth-order valence-corrected chi connectivity index (χ4v) is 2.54. The average Bonchev–Trinajstić information content (AvgIpc) is 2.55. The summed E-state index contributed by atoms with van der Waals surface area (Å²) in [5.74, 6) is 1.02. The maximum absolute atomic E-state index is 12.7. The first-order valence-corrected chi connectivity index (χ1v) is 7.45. The van der Waals surface area contributed by atoms with Crippen LogP contribution in [0.1, 0.15) is 25.3 Å². The van der Waals surface area contributed by atoms with Crippen molar-refractivity contribution in [3.8, 4) is 22.8 Å². The van der Waals surface area contributed by atoms with Gasteiger partial charge in [-0.25, -0.2) is 0 Å². The van der Waals surface area contributed by atoms with Crippen LogP contribution in [0.25, 0.3) is 22.3 Å². The summed E-state index contributed by atoms with van der Waals surface area (Å²) in [6, 6.07) is 12.1. The van der Waals surface area contributed by atoms with Crippen molar-refractivity contribution in [2.24, 2.45) is 0 Å². The molecular formula is C19H18O4. The van der Waals surface area contributed by atoms with Gasteiger partial charge in [0.2, 0.25) is 11.2 Å². The molecule has 1 heterocycles. The first-order chi connectivity index (χ1) is 11.0. The lowest BCUT2D eigenvalue weighted by Crippen LogP contribution is -2.08. The molecule has 0 fully saturated rings. The summed E-state index contributed by atoms with van der Waals surface area (Å²) in [6.07, 6.45) is 0. The highest BCUT2D eigenvalue weighted by Crippen LogP contribution is 2.32. The van der Waals surface area contributed by atoms with Crippen molar-refractivity contribution in [2.45, 2.75) is 19.8 Å². The van der Waals surface area contributed by atoms with E-state index in [2.05, 4.69) is 13.8 Å². The fraction of sp³-hybridized carbons (Fsp3) is 0.211. The average molecular weight is 310 g/mol. The number of hydrogen-bond acceptors (Lipinski definition) is 4. The number of rotatable bonds is 3. The number of fused-ring (bicyclic) bond motifs is 1. The Balaban J connectivity index is 2.31. The summed E-state index contributed by atoms with van der Waals surface area (Å²) < 4.78 is 11.3. The molecule has 0 atom stereocenters. The number of phenolic OH excluding ortho intramolecular Hbond substituents is 1. The van der Waals surface area contributed by atoms with Crippen molar-refractivity contribution in [3.63, 3.8) is 0 Å². The number of hydrogen-bond donors (Lipinski definition) is 1.